The predicted molar refractivity (Wildman–Crippen MR) is 150 cm³/mol. The van der Waals surface area contributed by atoms with Gasteiger partial charge in [0.25, 0.3) is 11.8 Å². The number of nitrogens with zero attached hydrogens (tertiary/aromatic N) is 2. The lowest BCUT2D eigenvalue weighted by Gasteiger charge is -2.45. The second-order valence-corrected chi connectivity index (χ2v) is 10.9. The first-order chi connectivity index (χ1) is 19.0. The van der Waals surface area contributed by atoms with Crippen molar-refractivity contribution >= 4 is 41.2 Å². The van der Waals surface area contributed by atoms with E-state index in [1.807, 2.05) is 54.6 Å². The summed E-state index contributed by atoms with van der Waals surface area (Å²) in [6.45, 7) is 0.229. The van der Waals surface area contributed by atoms with Crippen molar-refractivity contribution in [2.24, 2.45) is 16.9 Å². The van der Waals surface area contributed by atoms with Gasteiger partial charge in [-0.25, -0.2) is 0 Å². The highest BCUT2D eigenvalue weighted by atomic mass is 35.5. The molecule has 1 saturated heterocycles. The smallest absolute Gasteiger partial charge is 0.254 e. The van der Waals surface area contributed by atoms with E-state index in [0.717, 1.165) is 32.8 Å². The molecule has 0 spiro atoms. The number of hydrogen-bond donors (Lipinski definition) is 0. The second kappa shape index (κ2) is 9.37. The van der Waals surface area contributed by atoms with Gasteiger partial charge in [-0.1, -0.05) is 89.9 Å². The summed E-state index contributed by atoms with van der Waals surface area (Å²) in [5.41, 5.74) is 5.97. The van der Waals surface area contributed by atoms with Gasteiger partial charge in [0.05, 0.1) is 18.1 Å². The number of para-hydroxylation sites is 1. The van der Waals surface area contributed by atoms with E-state index in [2.05, 4.69) is 29.4 Å². The number of carbonyl (C=O) groups excluding carboxylic acids is 2. The number of hydrazone groups is 1. The molecule has 3 aliphatic carbocycles. The number of halogens is 2. The van der Waals surface area contributed by atoms with Gasteiger partial charge >= 0.3 is 0 Å². The van der Waals surface area contributed by atoms with Crippen molar-refractivity contribution in [2.45, 2.75) is 18.4 Å². The largest absolute Gasteiger partial charge is 0.488 e. The summed E-state index contributed by atoms with van der Waals surface area (Å²) in [6, 6.07) is 28.9. The second-order valence-electron chi connectivity index (χ2n) is 10.1. The number of benzene rings is 4. The quantitative estimate of drug-likeness (QED) is 0.202. The molecular formula is C32H22Cl2N2O3. The van der Waals surface area contributed by atoms with E-state index in [9.17, 15) is 9.59 Å². The fourth-order valence-electron chi connectivity index (χ4n) is 6.41. The van der Waals surface area contributed by atoms with Crippen LogP contribution in [0.15, 0.2) is 96.1 Å². The van der Waals surface area contributed by atoms with Crippen molar-refractivity contribution in [3.63, 3.8) is 0 Å². The molecule has 0 radical (unpaired) electrons. The van der Waals surface area contributed by atoms with Crippen LogP contribution in [0.3, 0.4) is 0 Å². The van der Waals surface area contributed by atoms with Crippen molar-refractivity contribution in [3.8, 4) is 5.75 Å². The Morgan fingerprint density at radius 3 is 1.85 bits per heavy atom. The van der Waals surface area contributed by atoms with Crippen molar-refractivity contribution in [1.29, 1.82) is 0 Å². The third-order valence-corrected chi connectivity index (χ3v) is 8.64. The number of imide groups is 1. The summed E-state index contributed by atoms with van der Waals surface area (Å²) in [7, 11) is 0. The Morgan fingerprint density at radius 1 is 0.744 bits per heavy atom. The summed E-state index contributed by atoms with van der Waals surface area (Å²) >= 11 is 12.3. The van der Waals surface area contributed by atoms with Crippen LogP contribution in [-0.2, 0) is 16.2 Å². The standard InChI is InChI=1S/C32H22Cl2N2O3/c33-20-14-13-19(25(34)15-20)17-39-26-12-6-1-7-18(26)16-35-36-31(37)29-27-21-8-2-3-9-22(21)28(30(29)32(36)38)24-11-5-4-10-23(24)27/h1-16,27-30H,17H2/b35-16-/t27?,28?,29-,30-/m0/s1. The van der Waals surface area contributed by atoms with Gasteiger partial charge < -0.3 is 4.74 Å². The maximum absolute atomic E-state index is 13.8. The normalized spacial score (nSPS) is 22.7. The Labute approximate surface area is 235 Å². The third kappa shape index (κ3) is 3.80. The van der Waals surface area contributed by atoms with Crippen LogP contribution < -0.4 is 4.74 Å². The molecule has 2 atom stereocenters. The molecule has 8 rings (SSSR count). The van der Waals surface area contributed by atoms with E-state index in [-0.39, 0.29) is 30.3 Å². The molecule has 7 heteroatoms. The number of rotatable bonds is 5. The average molecular weight is 553 g/mol. The lowest BCUT2D eigenvalue weighted by atomic mass is 9.55. The molecule has 2 amide bonds. The molecule has 2 bridgehead atoms. The van der Waals surface area contributed by atoms with Gasteiger partial charge in [-0.05, 0) is 46.5 Å². The van der Waals surface area contributed by atoms with Crippen molar-refractivity contribution in [3.05, 3.63) is 134 Å². The predicted octanol–water partition coefficient (Wildman–Crippen LogP) is 6.80. The lowest BCUT2D eigenvalue weighted by molar-refractivity contribution is -0.139. The minimum absolute atomic E-state index is 0.163. The molecule has 4 aliphatic rings. The molecule has 192 valence electrons. The monoisotopic (exact) mass is 552 g/mol. The molecule has 1 fully saturated rings. The van der Waals surface area contributed by atoms with Crippen LogP contribution in [0.1, 0.15) is 45.2 Å². The van der Waals surface area contributed by atoms with Gasteiger partial charge in [-0.15, -0.1) is 0 Å². The average Bonchev–Trinajstić information content (AvgIpc) is 3.21. The Morgan fingerprint density at radius 2 is 1.28 bits per heavy atom. The molecule has 0 N–H and O–H groups in total. The zero-order chi connectivity index (χ0) is 26.7. The van der Waals surface area contributed by atoms with Crippen LogP contribution >= 0.6 is 23.2 Å². The zero-order valence-corrected chi connectivity index (χ0v) is 22.1. The summed E-state index contributed by atoms with van der Waals surface area (Å²) in [4.78, 5) is 27.6. The van der Waals surface area contributed by atoms with Gasteiger partial charge in [0.15, 0.2) is 0 Å². The van der Waals surface area contributed by atoms with Gasteiger partial charge in [-0.2, -0.15) is 10.1 Å². The van der Waals surface area contributed by atoms with E-state index in [4.69, 9.17) is 27.9 Å². The van der Waals surface area contributed by atoms with Crippen molar-refractivity contribution in [1.82, 2.24) is 5.01 Å². The lowest BCUT2D eigenvalue weighted by Crippen LogP contribution is -2.41. The SMILES string of the molecule is O=C1[C@H]2C3c4ccccc4C(c4ccccc43)[C@@H]2C(=O)N1/N=C\c1ccccc1OCc1ccc(Cl)cc1Cl. The molecule has 4 aromatic carbocycles. The topological polar surface area (TPSA) is 59.0 Å². The van der Waals surface area contributed by atoms with Gasteiger partial charge in [-0.3, -0.25) is 9.59 Å². The highest BCUT2D eigenvalue weighted by molar-refractivity contribution is 6.35. The number of carbonyl (C=O) groups is 2. The van der Waals surface area contributed by atoms with Crippen molar-refractivity contribution < 1.29 is 14.3 Å². The van der Waals surface area contributed by atoms with Crippen LogP contribution in [0, 0.1) is 11.8 Å². The van der Waals surface area contributed by atoms with Gasteiger partial charge in [0, 0.05) is 33.0 Å². The summed E-state index contributed by atoms with van der Waals surface area (Å²) < 4.78 is 6.03. The number of ether oxygens (including phenoxy) is 1. The Balaban J connectivity index is 1.19. The van der Waals surface area contributed by atoms with E-state index in [1.165, 1.54) is 6.21 Å². The minimum atomic E-state index is -0.469. The first-order valence-electron chi connectivity index (χ1n) is 12.8. The summed E-state index contributed by atoms with van der Waals surface area (Å²) in [6.07, 6.45) is 1.52. The van der Waals surface area contributed by atoms with E-state index < -0.39 is 11.8 Å². The first-order valence-corrected chi connectivity index (χ1v) is 13.5. The molecule has 5 nitrogen and oxygen atoms in total. The molecular weight excluding hydrogens is 531 g/mol. The molecule has 39 heavy (non-hydrogen) atoms. The zero-order valence-electron chi connectivity index (χ0n) is 20.6. The highest BCUT2D eigenvalue weighted by Gasteiger charge is 2.61. The van der Waals surface area contributed by atoms with Crippen molar-refractivity contribution in [2.75, 3.05) is 0 Å². The molecule has 0 aromatic heterocycles. The fourth-order valence-corrected chi connectivity index (χ4v) is 6.87. The van der Waals surface area contributed by atoms with Gasteiger partial charge in [0.1, 0.15) is 12.4 Å². The first kappa shape index (κ1) is 24.1. The van der Waals surface area contributed by atoms with E-state index >= 15 is 0 Å². The van der Waals surface area contributed by atoms with Crippen LogP contribution in [-0.4, -0.2) is 23.0 Å². The summed E-state index contributed by atoms with van der Waals surface area (Å²) in [5, 5.41) is 6.57. The summed E-state index contributed by atoms with van der Waals surface area (Å²) in [5.74, 6) is -1.22. The van der Waals surface area contributed by atoms with Crippen LogP contribution in [0.2, 0.25) is 10.0 Å². The Kier molecular flexibility index (Phi) is 5.80. The van der Waals surface area contributed by atoms with Gasteiger partial charge in [0.2, 0.25) is 0 Å². The maximum atomic E-state index is 13.8. The van der Waals surface area contributed by atoms with Crippen LogP contribution in [0.25, 0.3) is 0 Å². The molecule has 4 aromatic rings. The molecule has 1 aliphatic heterocycles. The fraction of sp³-hybridized carbons (Fsp3) is 0.156. The van der Waals surface area contributed by atoms with E-state index in [0.29, 0.717) is 21.4 Å². The van der Waals surface area contributed by atoms with Crippen LogP contribution in [0.5, 0.6) is 5.75 Å². The highest BCUT2D eigenvalue weighted by Crippen LogP contribution is 2.60. The van der Waals surface area contributed by atoms with E-state index in [1.54, 1.807) is 12.1 Å². The number of amides is 2. The minimum Gasteiger partial charge on any atom is -0.488 e. The Hall–Kier alpha value is -3.93. The Bertz CT molecular complexity index is 1570. The molecule has 1 heterocycles. The third-order valence-electron chi connectivity index (χ3n) is 8.05. The molecule has 0 saturated carbocycles. The molecule has 0 unspecified atom stereocenters. The maximum Gasteiger partial charge on any atom is 0.254 e. The number of hydrogen-bond acceptors (Lipinski definition) is 4. The van der Waals surface area contributed by atoms with Crippen LogP contribution in [0.4, 0.5) is 0 Å².